The minimum Gasteiger partial charge on any atom is -0.310 e. The van der Waals surface area contributed by atoms with Crippen LogP contribution in [0.25, 0.3) is 59.4 Å². The van der Waals surface area contributed by atoms with E-state index in [4.69, 9.17) is 4.98 Å². The Morgan fingerprint density at radius 1 is 0.614 bits per heavy atom. The van der Waals surface area contributed by atoms with Gasteiger partial charge in [0.25, 0.3) is 0 Å². The zero-order valence-corrected chi connectivity index (χ0v) is 25.2. The monoisotopic (exact) mass is 581 g/mol. The minimum absolute atomic E-state index is 0.0681. The summed E-state index contributed by atoms with van der Waals surface area (Å²) in [6, 6.07) is 44.7. The molecule has 0 fully saturated rings. The summed E-state index contributed by atoms with van der Waals surface area (Å²) in [4.78, 5) is 7.18. The molecule has 4 heteroatoms. The van der Waals surface area contributed by atoms with Gasteiger partial charge in [-0.2, -0.15) is 0 Å². The van der Waals surface area contributed by atoms with Gasteiger partial charge in [-0.25, -0.2) is 4.98 Å². The van der Waals surface area contributed by atoms with Gasteiger partial charge in [-0.15, -0.1) is 11.3 Å². The summed E-state index contributed by atoms with van der Waals surface area (Å²) in [6.07, 6.45) is 0. The van der Waals surface area contributed by atoms with Crippen LogP contribution < -0.4 is 4.90 Å². The van der Waals surface area contributed by atoms with Gasteiger partial charge in [-0.05, 0) is 76.9 Å². The minimum atomic E-state index is -0.0681. The van der Waals surface area contributed by atoms with Crippen molar-refractivity contribution in [3.05, 3.63) is 138 Å². The predicted molar refractivity (Wildman–Crippen MR) is 187 cm³/mol. The van der Waals surface area contributed by atoms with Crippen LogP contribution in [0, 0.1) is 0 Å². The van der Waals surface area contributed by atoms with E-state index < -0.39 is 0 Å². The molecule has 3 heterocycles. The Kier molecular flexibility index (Phi) is 4.67. The second-order valence-electron chi connectivity index (χ2n) is 12.5. The molecular weight excluding hydrogens is 555 g/mol. The van der Waals surface area contributed by atoms with E-state index in [1.165, 1.54) is 70.7 Å². The Balaban J connectivity index is 1.25. The van der Waals surface area contributed by atoms with Crippen molar-refractivity contribution in [3.8, 4) is 11.1 Å². The fraction of sp³-hybridized carbons (Fsp3) is 0.0750. The molecule has 6 aromatic carbocycles. The number of hydrogen-bond acceptors (Lipinski definition) is 3. The third kappa shape index (κ3) is 3.03. The molecule has 0 aliphatic heterocycles. The summed E-state index contributed by atoms with van der Waals surface area (Å²) in [5, 5.41) is 5.11. The third-order valence-corrected chi connectivity index (χ3v) is 10.7. The molecule has 0 amide bonds. The molecule has 0 saturated heterocycles. The molecule has 3 nitrogen and oxygen atoms in total. The summed E-state index contributed by atoms with van der Waals surface area (Å²) < 4.78 is 3.72. The van der Waals surface area contributed by atoms with Gasteiger partial charge in [0.15, 0.2) is 0 Å². The average molecular weight is 582 g/mol. The fourth-order valence-corrected chi connectivity index (χ4v) is 8.69. The Morgan fingerprint density at radius 2 is 1.34 bits per heavy atom. The highest BCUT2D eigenvalue weighted by Gasteiger charge is 2.35. The second-order valence-corrected chi connectivity index (χ2v) is 13.3. The number of hydrogen-bond donors (Lipinski definition) is 0. The highest BCUT2D eigenvalue weighted by Crippen LogP contribution is 2.51. The molecule has 3 aromatic heterocycles. The molecule has 0 spiro atoms. The quantitative estimate of drug-likeness (QED) is 0.207. The topological polar surface area (TPSA) is 20.5 Å². The van der Waals surface area contributed by atoms with Crippen LogP contribution in [-0.4, -0.2) is 9.38 Å². The molecule has 208 valence electrons. The van der Waals surface area contributed by atoms with E-state index in [1.54, 1.807) is 11.3 Å². The number of anilines is 3. The molecule has 44 heavy (non-hydrogen) atoms. The Hall–Kier alpha value is -5.19. The summed E-state index contributed by atoms with van der Waals surface area (Å²) in [6.45, 7) is 4.70. The molecule has 0 saturated carbocycles. The maximum Gasteiger partial charge on any atom is 0.0826 e. The Labute approximate surface area is 258 Å². The largest absolute Gasteiger partial charge is 0.310 e. The van der Waals surface area contributed by atoms with E-state index in [9.17, 15) is 0 Å². The predicted octanol–water partition coefficient (Wildman–Crippen LogP) is 11.2. The van der Waals surface area contributed by atoms with Gasteiger partial charge in [0.1, 0.15) is 0 Å². The van der Waals surface area contributed by atoms with Gasteiger partial charge in [0, 0.05) is 44.0 Å². The lowest BCUT2D eigenvalue weighted by Crippen LogP contribution is -2.16. The average Bonchev–Trinajstić information content (AvgIpc) is 3.80. The van der Waals surface area contributed by atoms with E-state index in [1.807, 2.05) is 5.51 Å². The van der Waals surface area contributed by atoms with Crippen molar-refractivity contribution in [1.29, 1.82) is 0 Å². The van der Waals surface area contributed by atoms with E-state index in [2.05, 4.69) is 144 Å². The summed E-state index contributed by atoms with van der Waals surface area (Å²) in [7, 11) is 0. The van der Waals surface area contributed by atoms with Crippen molar-refractivity contribution in [2.45, 2.75) is 19.3 Å². The number of nitrogens with zero attached hydrogens (tertiary/aromatic N) is 3. The van der Waals surface area contributed by atoms with Crippen LogP contribution in [-0.2, 0) is 5.41 Å². The molecular formula is C40H27N3S. The first-order valence-electron chi connectivity index (χ1n) is 15.1. The first-order chi connectivity index (χ1) is 21.6. The van der Waals surface area contributed by atoms with Crippen LogP contribution in [0.4, 0.5) is 17.1 Å². The van der Waals surface area contributed by atoms with Crippen LogP contribution in [0.15, 0.2) is 127 Å². The van der Waals surface area contributed by atoms with Gasteiger partial charge in [0.2, 0.25) is 0 Å². The maximum absolute atomic E-state index is 4.78. The number of fused-ring (bicyclic) bond motifs is 11. The van der Waals surface area contributed by atoms with Gasteiger partial charge in [-0.1, -0.05) is 80.6 Å². The number of benzene rings is 6. The van der Waals surface area contributed by atoms with Crippen LogP contribution in [0.2, 0.25) is 0 Å². The van der Waals surface area contributed by atoms with E-state index in [0.29, 0.717) is 0 Å². The molecule has 0 unspecified atom stereocenters. The van der Waals surface area contributed by atoms with Gasteiger partial charge < -0.3 is 9.30 Å². The van der Waals surface area contributed by atoms with Gasteiger partial charge >= 0.3 is 0 Å². The lowest BCUT2D eigenvalue weighted by molar-refractivity contribution is 0.660. The molecule has 1 aliphatic rings. The third-order valence-electron chi connectivity index (χ3n) is 9.84. The molecule has 10 rings (SSSR count). The van der Waals surface area contributed by atoms with Crippen molar-refractivity contribution in [1.82, 2.24) is 9.38 Å². The van der Waals surface area contributed by atoms with Crippen LogP contribution in [0.3, 0.4) is 0 Å². The summed E-state index contributed by atoms with van der Waals surface area (Å²) in [5.41, 5.74) is 15.6. The molecule has 0 atom stereocenters. The lowest BCUT2D eigenvalue weighted by Gasteiger charge is -2.28. The smallest absolute Gasteiger partial charge is 0.0826 e. The molecule has 0 radical (unpaired) electrons. The standard InChI is InChI=1S/C40H27N3S/c1-40(2)32-14-8-6-12-27(32)28-18-16-26(21-33(28)40)42(24-10-4-3-5-11-24)25-17-19-36-30(20-25)31-22-34-39(44-23-41-34)37-29-13-7-9-15-35(29)43(36)38(31)37/h3-23H,1-2H3. The zero-order valence-electron chi connectivity index (χ0n) is 24.4. The Morgan fingerprint density at radius 3 is 2.25 bits per heavy atom. The molecule has 9 aromatic rings. The van der Waals surface area contributed by atoms with E-state index in [-0.39, 0.29) is 5.41 Å². The molecule has 1 aliphatic carbocycles. The number of rotatable bonds is 3. The van der Waals surface area contributed by atoms with Crippen molar-refractivity contribution < 1.29 is 0 Å². The Bertz CT molecular complexity index is 2590. The molecule has 0 N–H and O–H groups in total. The number of thiazole rings is 1. The van der Waals surface area contributed by atoms with Gasteiger partial charge in [-0.3, -0.25) is 0 Å². The van der Waals surface area contributed by atoms with Crippen molar-refractivity contribution in [2.75, 3.05) is 4.90 Å². The molecule has 0 bridgehead atoms. The summed E-state index contributed by atoms with van der Waals surface area (Å²) in [5.74, 6) is 0. The van der Waals surface area contributed by atoms with E-state index >= 15 is 0 Å². The highest BCUT2D eigenvalue weighted by molar-refractivity contribution is 7.18. The normalized spacial score (nSPS) is 13.9. The number of para-hydroxylation sites is 2. The van der Waals surface area contributed by atoms with E-state index in [0.717, 1.165) is 16.9 Å². The summed E-state index contributed by atoms with van der Waals surface area (Å²) >= 11 is 1.74. The first-order valence-corrected chi connectivity index (χ1v) is 16.0. The van der Waals surface area contributed by atoms with Crippen LogP contribution in [0.5, 0.6) is 0 Å². The SMILES string of the molecule is CC1(C)c2ccccc2-c2ccc(N(c3ccccc3)c3ccc4c(c3)c3cc5ncsc5c5c6ccccc6n4c35)cc21. The van der Waals surface area contributed by atoms with Gasteiger partial charge in [0.05, 0.1) is 32.3 Å². The highest BCUT2D eigenvalue weighted by atomic mass is 32.1. The second kappa shape index (κ2) is 8.46. The van der Waals surface area contributed by atoms with Crippen LogP contribution in [0.1, 0.15) is 25.0 Å². The van der Waals surface area contributed by atoms with Crippen molar-refractivity contribution in [2.24, 2.45) is 0 Å². The first kappa shape index (κ1) is 24.3. The zero-order chi connectivity index (χ0) is 29.2. The number of aromatic nitrogens is 2. The van der Waals surface area contributed by atoms with Crippen LogP contribution >= 0.6 is 11.3 Å². The van der Waals surface area contributed by atoms with Crippen molar-refractivity contribution in [3.63, 3.8) is 0 Å². The fourth-order valence-electron chi connectivity index (χ4n) is 7.86. The lowest BCUT2D eigenvalue weighted by atomic mass is 9.82. The maximum atomic E-state index is 4.78. The van der Waals surface area contributed by atoms with Crippen molar-refractivity contribution >= 4 is 76.7 Å².